The third kappa shape index (κ3) is 3.35. The fourth-order valence-electron chi connectivity index (χ4n) is 3.91. The summed E-state index contributed by atoms with van der Waals surface area (Å²) < 4.78 is 4.58. The van der Waals surface area contributed by atoms with Gasteiger partial charge in [-0.2, -0.15) is 0 Å². The van der Waals surface area contributed by atoms with Crippen molar-refractivity contribution in [3.63, 3.8) is 0 Å². The number of hydrogen-bond donors (Lipinski definition) is 0. The summed E-state index contributed by atoms with van der Waals surface area (Å²) in [5.74, 6) is 0. The van der Waals surface area contributed by atoms with Gasteiger partial charge in [0, 0.05) is 34.2 Å². The molecule has 4 rings (SSSR count). The average Bonchev–Trinajstić information content (AvgIpc) is 3.18. The minimum Gasteiger partial charge on any atom is -0.319 e. The summed E-state index contributed by atoms with van der Waals surface area (Å²) in [7, 11) is 0. The number of aryl methyl sites for hydroxylation is 4. The van der Waals surface area contributed by atoms with Gasteiger partial charge in [-0.25, -0.2) is 0 Å². The third-order valence-corrected chi connectivity index (χ3v) is 5.34. The Morgan fingerprint density at radius 3 is 1.04 bits per heavy atom. The van der Waals surface area contributed by atoms with Gasteiger partial charge in [-0.05, 0) is 93.8 Å². The van der Waals surface area contributed by atoms with Crippen molar-refractivity contribution in [1.29, 1.82) is 0 Å². The Balaban J connectivity index is 1.53. The van der Waals surface area contributed by atoms with Crippen molar-refractivity contribution in [2.75, 3.05) is 0 Å². The lowest BCUT2D eigenvalue weighted by Gasteiger charge is -2.12. The lowest BCUT2D eigenvalue weighted by molar-refractivity contribution is 0.961. The van der Waals surface area contributed by atoms with E-state index in [2.05, 4.69) is 110 Å². The van der Waals surface area contributed by atoms with Gasteiger partial charge >= 0.3 is 0 Å². The Bertz CT molecular complexity index is 934. The lowest BCUT2D eigenvalue weighted by atomic mass is 10.0. The summed E-state index contributed by atoms with van der Waals surface area (Å²) in [6.07, 6.45) is 0.952. The summed E-state index contributed by atoms with van der Waals surface area (Å²) in [4.78, 5) is 0. The molecule has 0 unspecified atom stereocenters. The summed E-state index contributed by atoms with van der Waals surface area (Å²) >= 11 is 0. The first-order valence-electron chi connectivity index (χ1n) is 9.51. The van der Waals surface area contributed by atoms with E-state index in [1.807, 2.05) is 0 Å². The molecule has 0 bridgehead atoms. The molecule has 2 heteroatoms. The SMILES string of the molecule is Cc1ccc(C)n1-c1ccc(Cc2ccc(-n3c(C)ccc3C)cc2)cc1. The molecule has 0 spiro atoms. The van der Waals surface area contributed by atoms with Crippen molar-refractivity contribution >= 4 is 0 Å². The van der Waals surface area contributed by atoms with Crippen LogP contribution in [0, 0.1) is 27.7 Å². The highest BCUT2D eigenvalue weighted by molar-refractivity contribution is 5.43. The van der Waals surface area contributed by atoms with E-state index in [4.69, 9.17) is 0 Å². The van der Waals surface area contributed by atoms with Crippen LogP contribution in [0.25, 0.3) is 11.4 Å². The molecule has 0 N–H and O–H groups in total. The Kier molecular flexibility index (Phi) is 4.49. The highest BCUT2D eigenvalue weighted by Gasteiger charge is 2.06. The fraction of sp³-hybridized carbons (Fsp3) is 0.200. The van der Waals surface area contributed by atoms with Gasteiger partial charge in [0.1, 0.15) is 0 Å². The lowest BCUT2D eigenvalue weighted by Crippen LogP contribution is -2.00. The van der Waals surface area contributed by atoms with E-state index in [0.29, 0.717) is 0 Å². The van der Waals surface area contributed by atoms with Crippen LogP contribution in [0.15, 0.2) is 72.8 Å². The first-order valence-corrected chi connectivity index (χ1v) is 9.51. The average molecular weight is 354 g/mol. The molecule has 0 aliphatic heterocycles. The van der Waals surface area contributed by atoms with Crippen molar-refractivity contribution in [2.45, 2.75) is 34.1 Å². The standard InChI is InChI=1S/C25H26N2/c1-18-5-6-19(2)26(18)24-13-9-22(10-14-24)17-23-11-15-25(16-12-23)27-20(3)7-8-21(27)4/h5-16H,17H2,1-4H3. The minimum atomic E-state index is 0.952. The highest BCUT2D eigenvalue weighted by atomic mass is 15.0. The molecule has 2 aromatic heterocycles. The van der Waals surface area contributed by atoms with Crippen molar-refractivity contribution in [3.05, 3.63) is 107 Å². The highest BCUT2D eigenvalue weighted by Crippen LogP contribution is 2.20. The van der Waals surface area contributed by atoms with Crippen LogP contribution in [0.2, 0.25) is 0 Å². The summed E-state index contributed by atoms with van der Waals surface area (Å²) in [6, 6.07) is 26.5. The van der Waals surface area contributed by atoms with Crippen LogP contribution >= 0.6 is 0 Å². The number of aromatic nitrogens is 2. The van der Waals surface area contributed by atoms with Crippen molar-refractivity contribution in [1.82, 2.24) is 9.13 Å². The zero-order valence-corrected chi connectivity index (χ0v) is 16.5. The fourth-order valence-corrected chi connectivity index (χ4v) is 3.91. The van der Waals surface area contributed by atoms with Crippen LogP contribution in [0.5, 0.6) is 0 Å². The second-order valence-corrected chi connectivity index (χ2v) is 7.41. The van der Waals surface area contributed by atoms with Gasteiger partial charge < -0.3 is 9.13 Å². The molecule has 2 heterocycles. The second kappa shape index (κ2) is 6.96. The molecule has 0 saturated carbocycles. The molecule has 2 aromatic carbocycles. The molecule has 4 aromatic rings. The quantitative estimate of drug-likeness (QED) is 0.419. The number of nitrogens with zero attached hydrogens (tertiary/aromatic N) is 2. The minimum absolute atomic E-state index is 0.952. The predicted octanol–water partition coefficient (Wildman–Crippen LogP) is 6.09. The Morgan fingerprint density at radius 2 is 0.741 bits per heavy atom. The zero-order chi connectivity index (χ0) is 19.0. The van der Waals surface area contributed by atoms with E-state index in [1.165, 1.54) is 45.3 Å². The van der Waals surface area contributed by atoms with Gasteiger partial charge in [0.15, 0.2) is 0 Å². The van der Waals surface area contributed by atoms with E-state index in [1.54, 1.807) is 0 Å². The molecular weight excluding hydrogens is 328 g/mol. The van der Waals surface area contributed by atoms with Crippen LogP contribution < -0.4 is 0 Å². The van der Waals surface area contributed by atoms with E-state index in [-0.39, 0.29) is 0 Å². The molecular formula is C25H26N2. The first kappa shape index (κ1) is 17.4. The van der Waals surface area contributed by atoms with Gasteiger partial charge in [0.05, 0.1) is 0 Å². The van der Waals surface area contributed by atoms with Crippen LogP contribution in [0.4, 0.5) is 0 Å². The molecule has 0 amide bonds. The van der Waals surface area contributed by atoms with E-state index >= 15 is 0 Å². The van der Waals surface area contributed by atoms with Crippen LogP contribution in [0.1, 0.15) is 33.9 Å². The number of benzene rings is 2. The van der Waals surface area contributed by atoms with Crippen LogP contribution in [-0.2, 0) is 6.42 Å². The Morgan fingerprint density at radius 1 is 0.444 bits per heavy atom. The molecule has 0 aliphatic rings. The van der Waals surface area contributed by atoms with E-state index in [9.17, 15) is 0 Å². The topological polar surface area (TPSA) is 9.86 Å². The summed E-state index contributed by atoms with van der Waals surface area (Å²) in [5.41, 5.74) is 10.2. The molecule has 0 atom stereocenters. The second-order valence-electron chi connectivity index (χ2n) is 7.41. The van der Waals surface area contributed by atoms with Crippen molar-refractivity contribution in [2.24, 2.45) is 0 Å². The summed E-state index contributed by atoms with van der Waals surface area (Å²) in [5, 5.41) is 0. The van der Waals surface area contributed by atoms with Gasteiger partial charge in [-0.3, -0.25) is 0 Å². The molecule has 0 radical (unpaired) electrons. The normalized spacial score (nSPS) is 11.1. The largest absolute Gasteiger partial charge is 0.319 e. The van der Waals surface area contributed by atoms with Crippen molar-refractivity contribution < 1.29 is 0 Å². The molecule has 0 aliphatic carbocycles. The van der Waals surface area contributed by atoms with E-state index < -0.39 is 0 Å². The van der Waals surface area contributed by atoms with Gasteiger partial charge in [-0.1, -0.05) is 24.3 Å². The number of hydrogen-bond acceptors (Lipinski definition) is 0. The van der Waals surface area contributed by atoms with Gasteiger partial charge in [-0.15, -0.1) is 0 Å². The maximum atomic E-state index is 2.29. The van der Waals surface area contributed by atoms with Gasteiger partial charge in [0.2, 0.25) is 0 Å². The first-order chi connectivity index (χ1) is 13.0. The maximum Gasteiger partial charge on any atom is 0.0455 e. The summed E-state index contributed by atoms with van der Waals surface area (Å²) in [6.45, 7) is 8.60. The monoisotopic (exact) mass is 354 g/mol. The number of rotatable bonds is 4. The Hall–Kier alpha value is -3.00. The third-order valence-electron chi connectivity index (χ3n) is 5.34. The van der Waals surface area contributed by atoms with Crippen LogP contribution in [-0.4, -0.2) is 9.13 Å². The zero-order valence-electron chi connectivity index (χ0n) is 16.5. The van der Waals surface area contributed by atoms with E-state index in [0.717, 1.165) is 6.42 Å². The van der Waals surface area contributed by atoms with Crippen LogP contribution in [0.3, 0.4) is 0 Å². The molecule has 0 saturated heterocycles. The molecule has 27 heavy (non-hydrogen) atoms. The smallest absolute Gasteiger partial charge is 0.0455 e. The Labute approximate surface area is 161 Å². The van der Waals surface area contributed by atoms with Crippen molar-refractivity contribution in [3.8, 4) is 11.4 Å². The molecule has 2 nitrogen and oxygen atoms in total. The predicted molar refractivity (Wildman–Crippen MR) is 113 cm³/mol. The molecule has 0 fully saturated rings. The molecule has 136 valence electrons. The maximum absolute atomic E-state index is 2.29. The van der Waals surface area contributed by atoms with Gasteiger partial charge in [0.25, 0.3) is 0 Å².